The predicted octanol–water partition coefficient (Wildman–Crippen LogP) is 1.41. The van der Waals surface area contributed by atoms with Crippen LogP contribution < -0.4 is 10.6 Å². The van der Waals surface area contributed by atoms with E-state index in [1.165, 1.54) is 0 Å². The van der Waals surface area contributed by atoms with Gasteiger partial charge in [-0.1, -0.05) is 0 Å². The van der Waals surface area contributed by atoms with Gasteiger partial charge in [-0.25, -0.2) is 4.98 Å². The van der Waals surface area contributed by atoms with E-state index in [-0.39, 0.29) is 0 Å². The molecule has 1 aromatic rings. The highest BCUT2D eigenvalue weighted by Crippen LogP contribution is 2.20. The summed E-state index contributed by atoms with van der Waals surface area (Å²) in [5.74, 6) is 1.43. The fourth-order valence-electron chi connectivity index (χ4n) is 2.04. The molecule has 1 atom stereocenters. The van der Waals surface area contributed by atoms with Crippen molar-refractivity contribution in [3.63, 3.8) is 0 Å². The molecule has 1 aromatic heterocycles. The number of nitrogens with zero attached hydrogens (tertiary/aromatic N) is 3. The molecule has 1 unspecified atom stereocenters. The molecule has 2 N–H and O–H groups in total. The molecule has 1 aliphatic rings. The first-order chi connectivity index (χ1) is 9.19. The van der Waals surface area contributed by atoms with Crippen LogP contribution >= 0.6 is 15.9 Å². The maximum atomic E-state index is 5.35. The molecule has 2 rings (SSSR count). The molecule has 0 saturated carbocycles. The molecule has 1 aliphatic heterocycles. The maximum absolute atomic E-state index is 5.35. The van der Waals surface area contributed by atoms with Crippen LogP contribution in [0.1, 0.15) is 6.92 Å². The summed E-state index contributed by atoms with van der Waals surface area (Å²) in [6.07, 6.45) is 1.75. The number of anilines is 2. The molecule has 0 radical (unpaired) electrons. The van der Waals surface area contributed by atoms with E-state index >= 15 is 0 Å². The first-order valence-electron chi connectivity index (χ1n) is 6.46. The van der Waals surface area contributed by atoms with Gasteiger partial charge in [-0.3, -0.25) is 4.90 Å². The zero-order valence-electron chi connectivity index (χ0n) is 11.3. The monoisotopic (exact) mass is 329 g/mol. The molecule has 6 nitrogen and oxygen atoms in total. The number of hydrogen-bond donors (Lipinski definition) is 2. The third-order valence-electron chi connectivity index (χ3n) is 2.99. The minimum absolute atomic E-state index is 0.314. The van der Waals surface area contributed by atoms with E-state index in [2.05, 4.69) is 48.4 Å². The van der Waals surface area contributed by atoms with E-state index < -0.39 is 0 Å². The lowest BCUT2D eigenvalue weighted by molar-refractivity contribution is 0.0368. The summed E-state index contributed by atoms with van der Waals surface area (Å²) in [4.78, 5) is 10.9. The summed E-state index contributed by atoms with van der Waals surface area (Å²) < 4.78 is 6.23. The van der Waals surface area contributed by atoms with Crippen LogP contribution in [0.25, 0.3) is 0 Å². The van der Waals surface area contributed by atoms with Crippen molar-refractivity contribution in [2.45, 2.75) is 13.0 Å². The van der Waals surface area contributed by atoms with E-state index in [0.717, 1.165) is 43.1 Å². The zero-order valence-corrected chi connectivity index (χ0v) is 12.9. The van der Waals surface area contributed by atoms with Gasteiger partial charge in [0, 0.05) is 38.9 Å². The Morgan fingerprint density at radius 2 is 2.21 bits per heavy atom. The van der Waals surface area contributed by atoms with Gasteiger partial charge in [-0.2, -0.15) is 4.98 Å². The second-order valence-electron chi connectivity index (χ2n) is 4.60. The first-order valence-corrected chi connectivity index (χ1v) is 7.25. The largest absolute Gasteiger partial charge is 0.379 e. The zero-order chi connectivity index (χ0) is 13.7. The van der Waals surface area contributed by atoms with Gasteiger partial charge in [0.05, 0.1) is 17.7 Å². The fourth-order valence-corrected chi connectivity index (χ4v) is 2.34. The van der Waals surface area contributed by atoms with Crippen molar-refractivity contribution in [3.8, 4) is 0 Å². The third-order valence-corrected chi connectivity index (χ3v) is 3.57. The van der Waals surface area contributed by atoms with Gasteiger partial charge < -0.3 is 15.4 Å². The summed E-state index contributed by atoms with van der Waals surface area (Å²) >= 11 is 3.46. The Balaban J connectivity index is 1.92. The van der Waals surface area contributed by atoms with Crippen molar-refractivity contribution in [2.24, 2.45) is 0 Å². The summed E-state index contributed by atoms with van der Waals surface area (Å²) in [5.41, 5.74) is 0. The molecule has 0 amide bonds. The Kier molecular flexibility index (Phi) is 5.35. The normalized spacial score (nSPS) is 18.1. The topological polar surface area (TPSA) is 62.3 Å². The van der Waals surface area contributed by atoms with E-state index in [1.54, 1.807) is 6.20 Å². The molecule has 0 bridgehead atoms. The van der Waals surface area contributed by atoms with E-state index in [0.29, 0.717) is 12.0 Å². The summed E-state index contributed by atoms with van der Waals surface area (Å²) in [6, 6.07) is 0.314. The van der Waals surface area contributed by atoms with Crippen LogP contribution in [0.2, 0.25) is 0 Å². The standard InChI is InChI=1S/C12H20BrN5O/c1-9(8-18-3-5-19-6-4-18)16-11-10(13)7-15-12(14-2)17-11/h7,9H,3-6,8H2,1-2H3,(H2,14,15,16,17). The number of aromatic nitrogens is 2. The first kappa shape index (κ1) is 14.5. The van der Waals surface area contributed by atoms with Crippen molar-refractivity contribution in [1.82, 2.24) is 14.9 Å². The van der Waals surface area contributed by atoms with E-state index in [9.17, 15) is 0 Å². The number of ether oxygens (including phenoxy) is 1. The molecular formula is C12H20BrN5O. The lowest BCUT2D eigenvalue weighted by Crippen LogP contribution is -2.42. The molecule has 1 fully saturated rings. The summed E-state index contributed by atoms with van der Waals surface area (Å²) in [6.45, 7) is 6.79. The SMILES string of the molecule is CNc1ncc(Br)c(NC(C)CN2CCOCC2)n1. The van der Waals surface area contributed by atoms with E-state index in [1.807, 2.05) is 7.05 Å². The molecule has 1 saturated heterocycles. The van der Waals surface area contributed by atoms with Gasteiger partial charge in [0.15, 0.2) is 0 Å². The third kappa shape index (κ3) is 4.29. The minimum atomic E-state index is 0.314. The number of hydrogen-bond acceptors (Lipinski definition) is 6. The molecule has 0 aromatic carbocycles. The molecule has 19 heavy (non-hydrogen) atoms. The van der Waals surface area contributed by atoms with Gasteiger partial charge >= 0.3 is 0 Å². The van der Waals surface area contributed by atoms with Crippen molar-refractivity contribution in [3.05, 3.63) is 10.7 Å². The van der Waals surface area contributed by atoms with Crippen LogP contribution in [0.4, 0.5) is 11.8 Å². The second-order valence-corrected chi connectivity index (χ2v) is 5.45. The average molecular weight is 330 g/mol. The highest BCUT2D eigenvalue weighted by atomic mass is 79.9. The molecular weight excluding hydrogens is 310 g/mol. The summed E-state index contributed by atoms with van der Waals surface area (Å²) in [7, 11) is 1.81. The smallest absolute Gasteiger partial charge is 0.224 e. The minimum Gasteiger partial charge on any atom is -0.379 e. The number of nitrogens with one attached hydrogen (secondary N) is 2. The average Bonchev–Trinajstić information content (AvgIpc) is 2.42. The molecule has 0 spiro atoms. The molecule has 7 heteroatoms. The van der Waals surface area contributed by atoms with Gasteiger partial charge in [0.1, 0.15) is 5.82 Å². The van der Waals surface area contributed by atoms with Gasteiger partial charge in [-0.05, 0) is 22.9 Å². The van der Waals surface area contributed by atoms with Gasteiger partial charge in [0.25, 0.3) is 0 Å². The fraction of sp³-hybridized carbons (Fsp3) is 0.667. The Bertz CT molecular complexity index is 411. The van der Waals surface area contributed by atoms with Gasteiger partial charge in [-0.15, -0.1) is 0 Å². The Hall–Kier alpha value is -0.920. The maximum Gasteiger partial charge on any atom is 0.224 e. The number of rotatable bonds is 5. The van der Waals surface area contributed by atoms with Crippen molar-refractivity contribution in [1.29, 1.82) is 0 Å². The molecule has 0 aliphatic carbocycles. The van der Waals surface area contributed by atoms with Crippen LogP contribution in [0.3, 0.4) is 0 Å². The number of halogens is 1. The highest BCUT2D eigenvalue weighted by molar-refractivity contribution is 9.10. The van der Waals surface area contributed by atoms with Crippen LogP contribution in [-0.2, 0) is 4.74 Å². The van der Waals surface area contributed by atoms with E-state index in [4.69, 9.17) is 4.74 Å². The van der Waals surface area contributed by atoms with Crippen molar-refractivity contribution >= 4 is 27.7 Å². The van der Waals surface area contributed by atoms with Crippen LogP contribution in [0.15, 0.2) is 10.7 Å². The second kappa shape index (κ2) is 7.02. The molecule has 2 heterocycles. The Labute approximate surface area is 122 Å². The number of morpholine rings is 1. The quantitative estimate of drug-likeness (QED) is 0.851. The van der Waals surface area contributed by atoms with Crippen LogP contribution in [0.5, 0.6) is 0 Å². The lowest BCUT2D eigenvalue weighted by Gasteiger charge is -2.29. The van der Waals surface area contributed by atoms with Crippen LogP contribution in [-0.4, -0.2) is 60.8 Å². The van der Waals surface area contributed by atoms with Crippen molar-refractivity contribution in [2.75, 3.05) is 50.5 Å². The van der Waals surface area contributed by atoms with Crippen molar-refractivity contribution < 1.29 is 4.74 Å². The van der Waals surface area contributed by atoms with Crippen LogP contribution in [0, 0.1) is 0 Å². The highest BCUT2D eigenvalue weighted by Gasteiger charge is 2.15. The Morgan fingerprint density at radius 3 is 2.89 bits per heavy atom. The van der Waals surface area contributed by atoms with Gasteiger partial charge in [0.2, 0.25) is 5.95 Å². The lowest BCUT2D eigenvalue weighted by atomic mass is 10.3. The Morgan fingerprint density at radius 1 is 1.47 bits per heavy atom. The predicted molar refractivity (Wildman–Crippen MR) is 79.6 cm³/mol. The molecule has 106 valence electrons. The summed E-state index contributed by atoms with van der Waals surface area (Å²) in [5, 5.41) is 6.35.